The smallest absolute Gasteiger partial charge is 0.350 e. The van der Waals surface area contributed by atoms with Crippen LogP contribution in [0.3, 0.4) is 0 Å². The summed E-state index contributed by atoms with van der Waals surface area (Å²) >= 11 is 1.37. The maximum Gasteiger partial charge on any atom is 0.350 e. The highest BCUT2D eigenvalue weighted by Crippen LogP contribution is 2.38. The number of rotatable bonds is 4. The number of esters is 1. The molecule has 1 fully saturated rings. The molecule has 6 heteroatoms. The van der Waals surface area contributed by atoms with Crippen LogP contribution in [0.2, 0.25) is 0 Å². The Hall–Kier alpha value is -1.69. The second kappa shape index (κ2) is 5.01. The Bertz CT molecular complexity index is 647. The molecule has 2 heterocycles. The first kappa shape index (κ1) is 13.3. The van der Waals surface area contributed by atoms with Gasteiger partial charge in [0.15, 0.2) is 0 Å². The highest BCUT2D eigenvalue weighted by atomic mass is 32.1. The summed E-state index contributed by atoms with van der Waals surface area (Å²) in [6.45, 7) is 4.54. The van der Waals surface area contributed by atoms with Crippen LogP contribution in [-0.2, 0) is 11.8 Å². The lowest BCUT2D eigenvalue weighted by molar-refractivity contribution is 0.0486. The maximum absolute atomic E-state index is 12.1. The van der Waals surface area contributed by atoms with Crippen LogP contribution in [0.25, 0.3) is 10.6 Å². The molecular weight excluding hydrogens is 274 g/mol. The molecule has 2 aromatic rings. The highest BCUT2D eigenvalue weighted by Gasteiger charge is 2.34. The predicted octanol–water partition coefficient (Wildman–Crippen LogP) is 2.66. The van der Waals surface area contributed by atoms with Gasteiger partial charge in [0.25, 0.3) is 0 Å². The van der Waals surface area contributed by atoms with Crippen molar-refractivity contribution in [2.45, 2.75) is 20.3 Å². The van der Waals surface area contributed by atoms with Gasteiger partial charge >= 0.3 is 5.97 Å². The molecule has 106 valence electrons. The van der Waals surface area contributed by atoms with Gasteiger partial charge in [-0.05, 0) is 25.2 Å². The van der Waals surface area contributed by atoms with Gasteiger partial charge < -0.3 is 4.74 Å². The zero-order valence-corrected chi connectivity index (χ0v) is 12.6. The Balaban J connectivity index is 1.73. The molecule has 1 aliphatic rings. The van der Waals surface area contributed by atoms with Crippen molar-refractivity contribution in [1.82, 2.24) is 14.8 Å². The molecule has 0 aliphatic heterocycles. The first-order valence-corrected chi connectivity index (χ1v) is 7.50. The molecule has 20 heavy (non-hydrogen) atoms. The number of aryl methyl sites for hydroxylation is 2. The molecule has 0 bridgehead atoms. The largest absolute Gasteiger partial charge is 0.461 e. The van der Waals surface area contributed by atoms with Crippen molar-refractivity contribution in [3.8, 4) is 10.6 Å². The fourth-order valence-corrected chi connectivity index (χ4v) is 3.06. The summed E-state index contributed by atoms with van der Waals surface area (Å²) in [4.78, 5) is 17.1. The third-order valence-corrected chi connectivity index (χ3v) is 4.83. The van der Waals surface area contributed by atoms with Crippen LogP contribution >= 0.6 is 11.3 Å². The average molecular weight is 291 g/mol. The summed E-state index contributed by atoms with van der Waals surface area (Å²) in [5.74, 6) is 0.982. The van der Waals surface area contributed by atoms with E-state index in [0.717, 1.165) is 22.7 Å². The minimum Gasteiger partial charge on any atom is -0.461 e. The summed E-state index contributed by atoms with van der Waals surface area (Å²) in [5, 5.41) is 4.93. The van der Waals surface area contributed by atoms with Gasteiger partial charge in [0.2, 0.25) is 0 Å². The van der Waals surface area contributed by atoms with Gasteiger partial charge in [-0.3, -0.25) is 4.68 Å². The molecule has 0 saturated heterocycles. The van der Waals surface area contributed by atoms with Crippen molar-refractivity contribution in [2.24, 2.45) is 18.9 Å². The zero-order valence-electron chi connectivity index (χ0n) is 11.8. The number of carbonyl (C=O) groups is 1. The van der Waals surface area contributed by atoms with Crippen molar-refractivity contribution >= 4 is 17.3 Å². The Morgan fingerprint density at radius 1 is 1.60 bits per heavy atom. The monoisotopic (exact) mass is 291 g/mol. The molecule has 0 radical (unpaired) electrons. The van der Waals surface area contributed by atoms with Crippen molar-refractivity contribution < 1.29 is 9.53 Å². The molecule has 0 unspecified atom stereocenters. The van der Waals surface area contributed by atoms with Crippen LogP contribution in [0.5, 0.6) is 0 Å². The molecule has 0 amide bonds. The van der Waals surface area contributed by atoms with E-state index < -0.39 is 0 Å². The molecular formula is C14H17N3O2S. The zero-order chi connectivity index (χ0) is 14.3. The van der Waals surface area contributed by atoms with Crippen LogP contribution < -0.4 is 0 Å². The number of hydrogen-bond acceptors (Lipinski definition) is 5. The topological polar surface area (TPSA) is 57.0 Å². The number of aromatic nitrogens is 3. The van der Waals surface area contributed by atoms with E-state index in [0.29, 0.717) is 23.3 Å². The average Bonchev–Trinajstić information content (AvgIpc) is 2.79. The van der Waals surface area contributed by atoms with Gasteiger partial charge in [-0.15, -0.1) is 11.3 Å². The van der Waals surface area contributed by atoms with Gasteiger partial charge in [-0.1, -0.05) is 6.92 Å². The summed E-state index contributed by atoms with van der Waals surface area (Å²) in [6, 6.07) is 0. The summed E-state index contributed by atoms with van der Waals surface area (Å²) in [6.07, 6.45) is 4.80. The summed E-state index contributed by atoms with van der Waals surface area (Å²) in [7, 11) is 1.86. The lowest BCUT2D eigenvalue weighted by atomic mass is 10.3. The Labute approximate surface area is 121 Å². The number of carbonyl (C=O) groups excluding carboxylic acids is 1. The molecule has 0 spiro atoms. The fourth-order valence-electron chi connectivity index (χ4n) is 2.12. The molecule has 1 saturated carbocycles. The minimum absolute atomic E-state index is 0.255. The standard InChI is InChI=1S/C14H17N3O2S/c1-8-4-10(8)7-19-14(18)12-9(2)16-13(20-12)11-5-15-17(3)6-11/h5-6,8,10H,4,7H2,1-3H3/t8-,10+/m1/s1. The first-order valence-electron chi connectivity index (χ1n) is 6.68. The van der Waals surface area contributed by atoms with Crippen LogP contribution in [-0.4, -0.2) is 27.3 Å². The van der Waals surface area contributed by atoms with Gasteiger partial charge in [0, 0.05) is 18.8 Å². The molecule has 1 aliphatic carbocycles. The van der Waals surface area contributed by atoms with Crippen molar-refractivity contribution in [1.29, 1.82) is 0 Å². The molecule has 3 rings (SSSR count). The van der Waals surface area contributed by atoms with E-state index in [4.69, 9.17) is 4.74 Å². The first-order chi connectivity index (χ1) is 9.54. The van der Waals surface area contributed by atoms with E-state index in [2.05, 4.69) is 17.0 Å². The SMILES string of the molecule is Cc1nc(-c2cnn(C)c2)sc1C(=O)OC[C@@H]1C[C@H]1C. The van der Waals surface area contributed by atoms with Gasteiger partial charge in [0.1, 0.15) is 9.88 Å². The molecule has 2 atom stereocenters. The van der Waals surface area contributed by atoms with Gasteiger partial charge in [-0.2, -0.15) is 5.10 Å². The molecule has 2 aromatic heterocycles. The third-order valence-electron chi connectivity index (χ3n) is 3.64. The van der Waals surface area contributed by atoms with Crippen LogP contribution in [0.4, 0.5) is 0 Å². The predicted molar refractivity (Wildman–Crippen MR) is 76.6 cm³/mol. The van der Waals surface area contributed by atoms with E-state index >= 15 is 0 Å². The number of hydrogen-bond donors (Lipinski definition) is 0. The third kappa shape index (κ3) is 2.60. The van der Waals surface area contributed by atoms with E-state index in [1.807, 2.05) is 20.2 Å². The van der Waals surface area contributed by atoms with Crippen molar-refractivity contribution in [3.05, 3.63) is 23.0 Å². The molecule has 0 N–H and O–H groups in total. The van der Waals surface area contributed by atoms with Crippen LogP contribution in [0, 0.1) is 18.8 Å². The van der Waals surface area contributed by atoms with E-state index in [1.54, 1.807) is 10.9 Å². The maximum atomic E-state index is 12.1. The number of ether oxygens (including phenoxy) is 1. The summed E-state index contributed by atoms with van der Waals surface area (Å²) < 4.78 is 7.09. The van der Waals surface area contributed by atoms with Crippen molar-refractivity contribution in [3.63, 3.8) is 0 Å². The Morgan fingerprint density at radius 3 is 2.95 bits per heavy atom. The van der Waals surface area contributed by atoms with E-state index in [-0.39, 0.29) is 5.97 Å². The lowest BCUT2D eigenvalue weighted by Gasteiger charge is -2.01. The van der Waals surface area contributed by atoms with Crippen molar-refractivity contribution in [2.75, 3.05) is 6.61 Å². The van der Waals surface area contributed by atoms with Gasteiger partial charge in [0.05, 0.1) is 18.5 Å². The highest BCUT2D eigenvalue weighted by molar-refractivity contribution is 7.17. The van der Waals surface area contributed by atoms with Crippen LogP contribution in [0.15, 0.2) is 12.4 Å². The minimum atomic E-state index is -0.255. The quantitative estimate of drug-likeness (QED) is 0.813. The normalized spacial score (nSPS) is 20.9. The molecule has 5 nitrogen and oxygen atoms in total. The Morgan fingerprint density at radius 2 is 2.35 bits per heavy atom. The van der Waals surface area contributed by atoms with E-state index in [9.17, 15) is 4.79 Å². The Kier molecular flexibility index (Phi) is 3.33. The summed E-state index contributed by atoms with van der Waals surface area (Å²) in [5.41, 5.74) is 1.65. The number of thiazole rings is 1. The van der Waals surface area contributed by atoms with Gasteiger partial charge in [-0.25, -0.2) is 9.78 Å². The second-order valence-electron chi connectivity index (χ2n) is 5.41. The fraction of sp³-hybridized carbons (Fsp3) is 0.500. The lowest BCUT2D eigenvalue weighted by Crippen LogP contribution is -2.07. The van der Waals surface area contributed by atoms with E-state index in [1.165, 1.54) is 11.3 Å². The molecule has 0 aromatic carbocycles. The number of nitrogens with zero attached hydrogens (tertiary/aromatic N) is 3. The van der Waals surface area contributed by atoms with Crippen LogP contribution in [0.1, 0.15) is 28.7 Å². The second-order valence-corrected chi connectivity index (χ2v) is 6.41.